The Morgan fingerprint density at radius 2 is 1.90 bits per heavy atom. The summed E-state index contributed by atoms with van der Waals surface area (Å²) in [6.07, 6.45) is 4.09. The molecule has 1 aliphatic carbocycles. The molecular formula is C24H24N4O3. The van der Waals surface area contributed by atoms with Gasteiger partial charge in [0.15, 0.2) is 11.5 Å². The number of rotatable bonds is 4. The van der Waals surface area contributed by atoms with E-state index in [2.05, 4.69) is 40.5 Å². The predicted octanol–water partition coefficient (Wildman–Crippen LogP) is 3.88. The summed E-state index contributed by atoms with van der Waals surface area (Å²) in [5.74, 6) is 1.77. The maximum absolute atomic E-state index is 13.5. The molecule has 0 amide bonds. The number of hydrogen-bond donors (Lipinski definition) is 1. The Hall–Kier alpha value is -3.61. The van der Waals surface area contributed by atoms with Crippen molar-refractivity contribution in [2.45, 2.75) is 25.3 Å². The highest BCUT2D eigenvalue weighted by Crippen LogP contribution is 2.45. The first-order valence-electron chi connectivity index (χ1n) is 10.3. The Labute approximate surface area is 180 Å². The molecule has 31 heavy (non-hydrogen) atoms. The van der Waals surface area contributed by atoms with Crippen molar-refractivity contribution >= 4 is 11.7 Å². The molecular weight excluding hydrogens is 392 g/mol. The van der Waals surface area contributed by atoms with Crippen LogP contribution in [-0.4, -0.2) is 34.8 Å². The maximum Gasteiger partial charge on any atom is 0.226 e. The normalized spacial score (nSPS) is 22.1. The van der Waals surface area contributed by atoms with Crippen LogP contribution in [-0.2, 0) is 4.79 Å². The first-order valence-corrected chi connectivity index (χ1v) is 10.3. The molecule has 2 aliphatic rings. The highest BCUT2D eigenvalue weighted by atomic mass is 16.5. The van der Waals surface area contributed by atoms with Gasteiger partial charge in [-0.25, -0.2) is 4.68 Å². The van der Waals surface area contributed by atoms with Gasteiger partial charge < -0.3 is 14.8 Å². The summed E-state index contributed by atoms with van der Waals surface area (Å²) < 4.78 is 12.6. The lowest BCUT2D eigenvalue weighted by molar-refractivity contribution is -0.123. The molecule has 1 aliphatic heterocycles. The molecule has 2 aromatic carbocycles. The van der Waals surface area contributed by atoms with Gasteiger partial charge in [-0.1, -0.05) is 36.4 Å². The Morgan fingerprint density at radius 3 is 2.68 bits per heavy atom. The van der Waals surface area contributed by atoms with E-state index in [1.807, 2.05) is 35.0 Å². The zero-order valence-corrected chi connectivity index (χ0v) is 17.7. The van der Waals surface area contributed by atoms with Crippen LogP contribution < -0.4 is 14.8 Å². The van der Waals surface area contributed by atoms with Crippen LogP contribution in [0.4, 0.5) is 5.95 Å². The molecule has 1 N–H and O–H groups in total. The summed E-state index contributed by atoms with van der Waals surface area (Å²) in [4.78, 5) is 17.9. The Kier molecular flexibility index (Phi) is 4.73. The molecule has 0 fully saturated rings. The van der Waals surface area contributed by atoms with Gasteiger partial charge in [-0.05, 0) is 35.7 Å². The molecule has 0 radical (unpaired) electrons. The Morgan fingerprint density at radius 1 is 1.10 bits per heavy atom. The quantitative estimate of drug-likeness (QED) is 0.696. The van der Waals surface area contributed by atoms with Crippen molar-refractivity contribution in [3.05, 3.63) is 77.3 Å². The van der Waals surface area contributed by atoms with E-state index in [9.17, 15) is 4.79 Å². The number of Topliss-reactive ketones (excluding diaryl/α,β-unsaturated/α-hetero) is 1. The number of benzene rings is 2. The highest BCUT2D eigenvalue weighted by Gasteiger charge is 2.43. The molecule has 7 nitrogen and oxygen atoms in total. The number of nitrogens with zero attached hydrogens (tertiary/aromatic N) is 3. The first kappa shape index (κ1) is 19.4. The topological polar surface area (TPSA) is 78.3 Å². The van der Waals surface area contributed by atoms with E-state index in [1.165, 1.54) is 6.33 Å². The zero-order chi connectivity index (χ0) is 21.5. The van der Waals surface area contributed by atoms with Gasteiger partial charge in [0.05, 0.1) is 26.2 Å². The molecule has 0 saturated heterocycles. The fraction of sp³-hybridized carbons (Fsp3) is 0.292. The minimum Gasteiger partial charge on any atom is -0.493 e. The minimum absolute atomic E-state index is 0.0574. The van der Waals surface area contributed by atoms with Crippen molar-refractivity contribution in [2.24, 2.45) is 5.92 Å². The van der Waals surface area contributed by atoms with E-state index in [0.717, 1.165) is 22.4 Å². The lowest BCUT2D eigenvalue weighted by atomic mass is 9.75. The van der Waals surface area contributed by atoms with E-state index in [1.54, 1.807) is 14.2 Å². The third-order valence-electron chi connectivity index (χ3n) is 6.24. The number of anilines is 1. The van der Waals surface area contributed by atoms with Gasteiger partial charge in [0.25, 0.3) is 0 Å². The summed E-state index contributed by atoms with van der Waals surface area (Å²) in [7, 11) is 3.23. The van der Waals surface area contributed by atoms with E-state index < -0.39 is 0 Å². The smallest absolute Gasteiger partial charge is 0.226 e. The average Bonchev–Trinajstić information content (AvgIpc) is 3.26. The number of aryl methyl sites for hydroxylation is 1. The zero-order valence-electron chi connectivity index (χ0n) is 17.7. The second-order valence-corrected chi connectivity index (χ2v) is 7.95. The van der Waals surface area contributed by atoms with Gasteiger partial charge in [-0.15, -0.1) is 0 Å². The van der Waals surface area contributed by atoms with Gasteiger partial charge in [-0.2, -0.15) is 10.1 Å². The molecule has 3 atom stereocenters. The van der Waals surface area contributed by atoms with E-state index in [0.29, 0.717) is 23.9 Å². The second kappa shape index (κ2) is 7.58. The van der Waals surface area contributed by atoms with E-state index in [-0.39, 0.29) is 23.7 Å². The number of carbonyl (C=O) groups excluding carboxylic acids is 1. The van der Waals surface area contributed by atoms with Crippen LogP contribution in [0.3, 0.4) is 0 Å². The molecule has 158 valence electrons. The number of aromatic nitrogens is 3. The Balaban J connectivity index is 1.59. The summed E-state index contributed by atoms with van der Waals surface area (Å²) >= 11 is 0. The lowest BCUT2D eigenvalue weighted by Gasteiger charge is -2.38. The van der Waals surface area contributed by atoms with Crippen LogP contribution in [0.5, 0.6) is 11.5 Å². The van der Waals surface area contributed by atoms with E-state index in [4.69, 9.17) is 9.47 Å². The third-order valence-corrected chi connectivity index (χ3v) is 6.24. The largest absolute Gasteiger partial charge is 0.493 e. The maximum atomic E-state index is 13.5. The van der Waals surface area contributed by atoms with Crippen molar-refractivity contribution in [3.63, 3.8) is 0 Å². The molecule has 0 saturated carbocycles. The number of methoxy groups -OCH3 is 2. The van der Waals surface area contributed by atoms with Crippen molar-refractivity contribution in [1.82, 2.24) is 14.8 Å². The molecule has 0 unspecified atom stereocenters. The fourth-order valence-electron chi connectivity index (χ4n) is 4.70. The van der Waals surface area contributed by atoms with Crippen LogP contribution in [0.1, 0.15) is 35.1 Å². The molecule has 1 aromatic heterocycles. The molecule has 2 heterocycles. The van der Waals surface area contributed by atoms with Crippen LogP contribution in [0.2, 0.25) is 0 Å². The van der Waals surface area contributed by atoms with Gasteiger partial charge in [0.2, 0.25) is 5.95 Å². The number of carbonyl (C=O) groups is 1. The summed E-state index contributed by atoms with van der Waals surface area (Å²) in [6, 6.07) is 13.7. The molecule has 7 heteroatoms. The van der Waals surface area contributed by atoms with E-state index >= 15 is 0 Å². The molecule has 3 aromatic rings. The first-order chi connectivity index (χ1) is 15.1. The van der Waals surface area contributed by atoms with Crippen molar-refractivity contribution in [2.75, 3.05) is 19.5 Å². The van der Waals surface area contributed by atoms with Crippen LogP contribution in [0, 0.1) is 12.8 Å². The lowest BCUT2D eigenvalue weighted by Crippen LogP contribution is -2.40. The predicted molar refractivity (Wildman–Crippen MR) is 116 cm³/mol. The van der Waals surface area contributed by atoms with Crippen molar-refractivity contribution in [1.29, 1.82) is 0 Å². The van der Waals surface area contributed by atoms with Crippen molar-refractivity contribution in [3.8, 4) is 11.5 Å². The number of hydrogen-bond acceptors (Lipinski definition) is 6. The summed E-state index contributed by atoms with van der Waals surface area (Å²) in [5, 5.41) is 7.79. The van der Waals surface area contributed by atoms with Crippen LogP contribution >= 0.6 is 0 Å². The highest BCUT2D eigenvalue weighted by molar-refractivity contribution is 5.88. The number of fused-ring (bicyclic) bond motifs is 2. The molecule has 0 spiro atoms. The summed E-state index contributed by atoms with van der Waals surface area (Å²) in [6.45, 7) is 2.07. The number of ketones is 1. The van der Waals surface area contributed by atoms with Gasteiger partial charge in [-0.3, -0.25) is 4.79 Å². The van der Waals surface area contributed by atoms with Crippen molar-refractivity contribution < 1.29 is 14.3 Å². The fourth-order valence-corrected chi connectivity index (χ4v) is 4.70. The second-order valence-electron chi connectivity index (χ2n) is 7.95. The number of ether oxygens (including phenoxy) is 2. The van der Waals surface area contributed by atoms with Gasteiger partial charge in [0.1, 0.15) is 12.1 Å². The molecule has 5 rings (SSSR count). The monoisotopic (exact) mass is 416 g/mol. The number of nitrogens with one attached hydrogen (secondary N) is 1. The Bertz CT molecular complexity index is 1180. The summed E-state index contributed by atoms with van der Waals surface area (Å²) in [5.41, 5.74) is 4.11. The van der Waals surface area contributed by atoms with Crippen LogP contribution in [0.15, 0.2) is 60.6 Å². The van der Waals surface area contributed by atoms with Crippen LogP contribution in [0.25, 0.3) is 0 Å². The van der Waals surface area contributed by atoms with Gasteiger partial charge >= 0.3 is 0 Å². The van der Waals surface area contributed by atoms with Gasteiger partial charge in [0, 0.05) is 18.0 Å². The number of allylic oxidation sites excluding steroid dienone is 2. The SMILES string of the molecule is COc1ccc([C@@H]2C=C3Nc4ncnn4[C@@H](c4ccccc4C)[C@@H]3C(=O)C2)cc1OC. The third kappa shape index (κ3) is 3.17. The average molecular weight is 416 g/mol. The minimum atomic E-state index is -0.327. The standard InChI is InChI=1S/C24H24N4O3/c1-14-6-4-5-7-17(14)23-22-18(27-24-25-13-26-28(23)24)10-16(11-19(22)29)15-8-9-20(30-2)21(12-15)31-3/h4-10,12-13,16,22-23H,11H2,1-3H3,(H,25,26,27)/t16-,22+,23+/m1/s1. The molecule has 0 bridgehead atoms.